The largest absolute Gasteiger partial charge is 0.306 e. The summed E-state index contributed by atoms with van der Waals surface area (Å²) < 4.78 is 1.64. The number of hydrogen-bond donors (Lipinski definition) is 1. The number of carbonyl (C=O) groups is 1. The maximum atomic E-state index is 13.4. The predicted octanol–water partition coefficient (Wildman–Crippen LogP) is 6.90. The number of ketones is 1. The monoisotopic (exact) mass is 494 g/mol. The molecule has 1 saturated carbocycles. The van der Waals surface area contributed by atoms with Crippen molar-refractivity contribution in [3.63, 3.8) is 0 Å². The Balaban J connectivity index is 1.42. The van der Waals surface area contributed by atoms with E-state index in [2.05, 4.69) is 33.5 Å². The van der Waals surface area contributed by atoms with Gasteiger partial charge in [0, 0.05) is 11.4 Å². The summed E-state index contributed by atoms with van der Waals surface area (Å²) >= 11 is 6.58. The Kier molecular flexibility index (Phi) is 6.99. The summed E-state index contributed by atoms with van der Waals surface area (Å²) in [5, 5.41) is 8.96. The smallest absolute Gasteiger partial charge is 0.189 e. The number of hydrogen-bond acceptors (Lipinski definition) is 3. The molecule has 0 radical (unpaired) electrons. The van der Waals surface area contributed by atoms with Gasteiger partial charge in [-0.1, -0.05) is 66.2 Å². The van der Waals surface area contributed by atoms with Crippen LogP contribution in [0.4, 0.5) is 5.69 Å². The fraction of sp³-hybridized carbons (Fsp3) is 0.233. The second-order valence-electron chi connectivity index (χ2n) is 9.37. The molecule has 5 rings (SSSR count). The van der Waals surface area contributed by atoms with Crippen molar-refractivity contribution in [2.75, 3.05) is 6.54 Å². The number of nitrogens with zero attached hydrogens (tertiary/aromatic N) is 3. The van der Waals surface area contributed by atoms with Crippen LogP contribution in [0, 0.1) is 19.4 Å². The average molecular weight is 495 g/mol. The van der Waals surface area contributed by atoms with E-state index in [1.54, 1.807) is 28.9 Å². The molecule has 0 saturated heterocycles. The van der Waals surface area contributed by atoms with Crippen LogP contribution in [0.2, 0.25) is 5.02 Å². The first kappa shape index (κ1) is 24.0. The third-order valence-electron chi connectivity index (χ3n) is 6.49. The minimum absolute atomic E-state index is 0.0267. The van der Waals surface area contributed by atoms with E-state index in [1.165, 1.54) is 12.8 Å². The van der Waals surface area contributed by atoms with Crippen molar-refractivity contribution in [3.05, 3.63) is 123 Å². The minimum Gasteiger partial charge on any atom is -0.306 e. The molecule has 1 atom stereocenters. The van der Waals surface area contributed by atoms with Crippen molar-refractivity contribution in [1.82, 2.24) is 15.1 Å². The Labute approximate surface area is 216 Å². The molecule has 1 aliphatic carbocycles. The number of nitrogens with one attached hydrogen (secondary N) is 1. The standard InChI is InChI=1S/C30H27ClN4O/c1-20-15-28(35(34-20)25-10-6-9-24(18-25)32-2)29(36)17-22-7-5-8-23(16-22)30(33-19-21-13-14-21)26-11-3-4-12-27(26)31/h3-12,15-16,18,21,30,33H,13-14,17,19H2,1H3. The highest BCUT2D eigenvalue weighted by molar-refractivity contribution is 6.31. The summed E-state index contributed by atoms with van der Waals surface area (Å²) in [5.41, 5.74) is 5.54. The van der Waals surface area contributed by atoms with Crippen molar-refractivity contribution in [2.45, 2.75) is 32.2 Å². The van der Waals surface area contributed by atoms with Crippen LogP contribution in [0.1, 0.15) is 51.8 Å². The van der Waals surface area contributed by atoms with E-state index in [-0.39, 0.29) is 18.2 Å². The maximum absolute atomic E-state index is 13.4. The third kappa shape index (κ3) is 5.41. The second-order valence-corrected chi connectivity index (χ2v) is 9.77. The first-order chi connectivity index (χ1) is 17.5. The molecule has 1 N–H and O–H groups in total. The van der Waals surface area contributed by atoms with Gasteiger partial charge in [-0.05, 0) is 73.2 Å². The van der Waals surface area contributed by atoms with Gasteiger partial charge < -0.3 is 5.32 Å². The molecule has 0 spiro atoms. The number of benzene rings is 3. The minimum atomic E-state index is -0.0431. The zero-order valence-electron chi connectivity index (χ0n) is 20.1. The molecular weight excluding hydrogens is 468 g/mol. The van der Waals surface area contributed by atoms with E-state index < -0.39 is 0 Å². The van der Waals surface area contributed by atoms with Crippen LogP contribution in [0.15, 0.2) is 78.9 Å². The summed E-state index contributed by atoms with van der Waals surface area (Å²) in [6.07, 6.45) is 2.78. The van der Waals surface area contributed by atoms with Crippen LogP contribution in [-0.4, -0.2) is 22.1 Å². The second kappa shape index (κ2) is 10.5. The molecule has 0 amide bonds. The Morgan fingerprint density at radius 1 is 1.11 bits per heavy atom. The molecule has 3 aromatic carbocycles. The van der Waals surface area contributed by atoms with Gasteiger partial charge in [0.05, 0.1) is 24.0 Å². The Bertz CT molecular complexity index is 1450. The topological polar surface area (TPSA) is 51.3 Å². The first-order valence-corrected chi connectivity index (χ1v) is 12.5. The molecule has 1 unspecified atom stereocenters. The molecule has 0 bridgehead atoms. The fourth-order valence-corrected chi connectivity index (χ4v) is 4.72. The van der Waals surface area contributed by atoms with Gasteiger partial charge in [-0.3, -0.25) is 4.79 Å². The lowest BCUT2D eigenvalue weighted by Crippen LogP contribution is -2.25. The van der Waals surface area contributed by atoms with E-state index in [0.717, 1.165) is 39.9 Å². The van der Waals surface area contributed by atoms with Crippen molar-refractivity contribution >= 4 is 23.1 Å². The number of Topliss-reactive ketones (excluding diaryl/α,β-unsaturated/α-hetero) is 1. The van der Waals surface area contributed by atoms with Gasteiger partial charge in [0.1, 0.15) is 5.69 Å². The first-order valence-electron chi connectivity index (χ1n) is 12.2. The summed E-state index contributed by atoms with van der Waals surface area (Å²) in [5.74, 6) is 0.700. The zero-order chi connectivity index (χ0) is 25.1. The Morgan fingerprint density at radius 3 is 2.69 bits per heavy atom. The van der Waals surface area contributed by atoms with Gasteiger partial charge in [-0.15, -0.1) is 0 Å². The molecule has 180 valence electrons. The number of halogens is 1. The molecule has 1 fully saturated rings. The van der Waals surface area contributed by atoms with Crippen LogP contribution in [0.25, 0.3) is 10.5 Å². The SMILES string of the molecule is [C-]#[N+]c1cccc(-n2nc(C)cc2C(=O)Cc2cccc(C(NCC3CC3)c3ccccc3Cl)c2)c1. The number of carbonyl (C=O) groups excluding carboxylic acids is 1. The van der Waals surface area contributed by atoms with Crippen molar-refractivity contribution in [1.29, 1.82) is 0 Å². The fourth-order valence-electron chi connectivity index (χ4n) is 4.47. The number of rotatable bonds is 9. The summed E-state index contributed by atoms with van der Waals surface area (Å²) in [6.45, 7) is 10.1. The normalized spacial score (nSPS) is 13.8. The molecular formula is C30H27ClN4O. The number of aromatic nitrogens is 2. The molecule has 0 aliphatic heterocycles. The van der Waals surface area contributed by atoms with Crippen LogP contribution in [0.3, 0.4) is 0 Å². The van der Waals surface area contributed by atoms with Crippen molar-refractivity contribution < 1.29 is 4.79 Å². The van der Waals surface area contributed by atoms with Crippen LogP contribution in [-0.2, 0) is 6.42 Å². The van der Waals surface area contributed by atoms with Gasteiger partial charge in [0.2, 0.25) is 0 Å². The lowest BCUT2D eigenvalue weighted by molar-refractivity contribution is 0.0985. The highest BCUT2D eigenvalue weighted by atomic mass is 35.5. The summed E-state index contributed by atoms with van der Waals surface area (Å²) in [4.78, 5) is 16.9. The number of aryl methyl sites for hydroxylation is 1. The predicted molar refractivity (Wildman–Crippen MR) is 143 cm³/mol. The van der Waals surface area contributed by atoms with Crippen molar-refractivity contribution in [2.24, 2.45) is 5.92 Å². The summed E-state index contributed by atoms with van der Waals surface area (Å²) in [7, 11) is 0. The van der Waals surface area contributed by atoms with E-state index >= 15 is 0 Å². The Morgan fingerprint density at radius 2 is 1.92 bits per heavy atom. The molecule has 4 aromatic rings. The van der Waals surface area contributed by atoms with E-state index in [1.807, 2.05) is 43.3 Å². The third-order valence-corrected chi connectivity index (χ3v) is 6.84. The van der Waals surface area contributed by atoms with Crippen LogP contribution >= 0.6 is 11.6 Å². The quantitative estimate of drug-likeness (QED) is 0.203. The molecule has 1 aliphatic rings. The van der Waals surface area contributed by atoms with Gasteiger partial charge in [0.25, 0.3) is 0 Å². The van der Waals surface area contributed by atoms with Gasteiger partial charge in [0.15, 0.2) is 11.5 Å². The van der Waals surface area contributed by atoms with E-state index in [0.29, 0.717) is 17.1 Å². The van der Waals surface area contributed by atoms with Crippen LogP contribution in [0.5, 0.6) is 0 Å². The zero-order valence-corrected chi connectivity index (χ0v) is 20.9. The molecule has 36 heavy (non-hydrogen) atoms. The molecule has 1 heterocycles. The van der Waals surface area contributed by atoms with Gasteiger partial charge in [-0.2, -0.15) is 5.10 Å². The molecule has 1 aromatic heterocycles. The van der Waals surface area contributed by atoms with Gasteiger partial charge >= 0.3 is 0 Å². The lowest BCUT2D eigenvalue weighted by atomic mass is 9.95. The molecule has 6 heteroatoms. The van der Waals surface area contributed by atoms with E-state index in [9.17, 15) is 4.79 Å². The van der Waals surface area contributed by atoms with Crippen LogP contribution < -0.4 is 5.32 Å². The maximum Gasteiger partial charge on any atom is 0.189 e. The van der Waals surface area contributed by atoms with E-state index in [4.69, 9.17) is 18.2 Å². The summed E-state index contributed by atoms with van der Waals surface area (Å²) in [6, 6.07) is 25.0. The highest BCUT2D eigenvalue weighted by Crippen LogP contribution is 2.32. The lowest BCUT2D eigenvalue weighted by Gasteiger charge is -2.21. The van der Waals surface area contributed by atoms with Gasteiger partial charge in [-0.25, -0.2) is 9.53 Å². The highest BCUT2D eigenvalue weighted by Gasteiger charge is 2.25. The molecule has 5 nitrogen and oxygen atoms in total. The Hall–Kier alpha value is -3.72. The average Bonchev–Trinajstić information content (AvgIpc) is 3.64. The van der Waals surface area contributed by atoms with Crippen molar-refractivity contribution in [3.8, 4) is 5.69 Å².